The zero-order chi connectivity index (χ0) is 16.1. The number of alkyl halides is 3. The smallest absolute Gasteiger partial charge is 0.416 e. The summed E-state index contributed by atoms with van der Waals surface area (Å²) in [6, 6.07) is 4.66. The van der Waals surface area contributed by atoms with Gasteiger partial charge < -0.3 is 14.8 Å². The van der Waals surface area contributed by atoms with Gasteiger partial charge in [-0.05, 0) is 45.0 Å². The average molecular weight is 305 g/mol. The first kappa shape index (κ1) is 17.8. The van der Waals surface area contributed by atoms with Crippen LogP contribution in [0.2, 0.25) is 0 Å². The lowest BCUT2D eigenvalue weighted by molar-refractivity contribution is -0.137. The molecule has 0 saturated heterocycles. The number of hydrogen-bond donors (Lipinski definition) is 1. The Kier molecular flexibility index (Phi) is 6.04. The van der Waals surface area contributed by atoms with Crippen molar-refractivity contribution in [2.45, 2.75) is 38.6 Å². The Labute approximate surface area is 123 Å². The highest BCUT2D eigenvalue weighted by Gasteiger charge is 2.30. The van der Waals surface area contributed by atoms with Gasteiger partial charge in [-0.25, -0.2) is 0 Å². The molecular formula is C15H22F3NO2. The second kappa shape index (κ2) is 7.13. The van der Waals surface area contributed by atoms with E-state index in [2.05, 4.69) is 5.32 Å². The fourth-order valence-corrected chi connectivity index (χ4v) is 1.66. The molecule has 1 rings (SSSR count). The maximum atomic E-state index is 12.5. The van der Waals surface area contributed by atoms with Crippen LogP contribution in [0.25, 0.3) is 0 Å². The molecule has 1 unspecified atom stereocenters. The number of benzene rings is 1. The Morgan fingerprint density at radius 3 is 2.10 bits per heavy atom. The number of halogens is 3. The van der Waals surface area contributed by atoms with Gasteiger partial charge in [-0.2, -0.15) is 13.2 Å². The zero-order valence-corrected chi connectivity index (χ0v) is 12.8. The first-order valence-corrected chi connectivity index (χ1v) is 6.70. The van der Waals surface area contributed by atoms with Crippen LogP contribution in [-0.4, -0.2) is 31.9 Å². The Morgan fingerprint density at radius 2 is 1.67 bits per heavy atom. The number of rotatable bonds is 6. The molecule has 0 saturated carbocycles. The van der Waals surface area contributed by atoms with Crippen molar-refractivity contribution in [2.24, 2.45) is 0 Å². The number of hydrogen-bond acceptors (Lipinski definition) is 3. The maximum Gasteiger partial charge on any atom is 0.416 e. The van der Waals surface area contributed by atoms with E-state index in [9.17, 15) is 13.2 Å². The third-order valence-electron chi connectivity index (χ3n) is 2.70. The number of ether oxygens (including phenoxy) is 2. The fourth-order valence-electron chi connectivity index (χ4n) is 1.66. The van der Waals surface area contributed by atoms with Gasteiger partial charge in [0.25, 0.3) is 0 Å². The molecule has 6 heteroatoms. The Hall–Kier alpha value is -1.27. The van der Waals surface area contributed by atoms with Crippen LogP contribution in [0.1, 0.15) is 26.3 Å². The summed E-state index contributed by atoms with van der Waals surface area (Å²) in [5.41, 5.74) is -0.763. The van der Waals surface area contributed by atoms with Crippen LogP contribution in [0.15, 0.2) is 24.3 Å². The molecule has 1 N–H and O–H groups in total. The molecule has 1 aromatic rings. The predicted molar refractivity (Wildman–Crippen MR) is 75.5 cm³/mol. The highest BCUT2D eigenvalue weighted by molar-refractivity contribution is 5.29. The molecule has 0 fully saturated rings. The molecule has 120 valence electrons. The number of nitrogens with one attached hydrogen (secondary N) is 1. The monoisotopic (exact) mass is 305 g/mol. The van der Waals surface area contributed by atoms with Gasteiger partial charge in [0.05, 0.1) is 12.2 Å². The van der Waals surface area contributed by atoms with Crippen molar-refractivity contribution in [3.8, 4) is 5.75 Å². The van der Waals surface area contributed by atoms with Crippen molar-refractivity contribution in [1.82, 2.24) is 5.32 Å². The summed E-state index contributed by atoms with van der Waals surface area (Å²) in [5.74, 6) is 0.390. The van der Waals surface area contributed by atoms with Crippen LogP contribution < -0.4 is 10.1 Å². The summed E-state index contributed by atoms with van der Waals surface area (Å²) in [4.78, 5) is 0. The molecule has 0 radical (unpaired) electrons. The van der Waals surface area contributed by atoms with E-state index in [4.69, 9.17) is 9.47 Å². The molecular weight excluding hydrogens is 283 g/mol. The molecule has 0 heterocycles. The Balaban J connectivity index is 2.66. The van der Waals surface area contributed by atoms with Gasteiger partial charge in [0.1, 0.15) is 11.9 Å². The van der Waals surface area contributed by atoms with Gasteiger partial charge in [-0.3, -0.25) is 0 Å². The maximum absolute atomic E-state index is 12.5. The number of methoxy groups -OCH3 is 1. The first-order valence-electron chi connectivity index (χ1n) is 6.70. The van der Waals surface area contributed by atoms with Crippen LogP contribution in [0, 0.1) is 0 Å². The van der Waals surface area contributed by atoms with E-state index >= 15 is 0 Å². The lowest BCUT2D eigenvalue weighted by atomic mass is 10.1. The molecule has 0 aliphatic rings. The van der Waals surface area contributed by atoms with Crippen molar-refractivity contribution >= 4 is 0 Å². The molecule has 0 aromatic heterocycles. The summed E-state index contributed by atoms with van der Waals surface area (Å²) < 4.78 is 48.2. The van der Waals surface area contributed by atoms with Crippen molar-refractivity contribution in [3.05, 3.63) is 29.8 Å². The lowest BCUT2D eigenvalue weighted by Gasteiger charge is -2.25. The van der Waals surface area contributed by atoms with Crippen molar-refractivity contribution in [3.63, 3.8) is 0 Å². The van der Waals surface area contributed by atoms with Gasteiger partial charge in [0.2, 0.25) is 0 Å². The zero-order valence-electron chi connectivity index (χ0n) is 12.8. The summed E-state index contributed by atoms with van der Waals surface area (Å²) in [5, 5.41) is 3.28. The Morgan fingerprint density at radius 1 is 1.10 bits per heavy atom. The van der Waals surface area contributed by atoms with E-state index in [0.29, 0.717) is 18.9 Å². The summed E-state index contributed by atoms with van der Waals surface area (Å²) in [6.45, 7) is 6.96. The van der Waals surface area contributed by atoms with E-state index in [1.54, 1.807) is 7.11 Å². The molecule has 3 nitrogen and oxygen atoms in total. The minimum atomic E-state index is -4.34. The van der Waals surface area contributed by atoms with E-state index in [1.807, 2.05) is 20.8 Å². The van der Waals surface area contributed by atoms with Crippen molar-refractivity contribution in [2.75, 3.05) is 20.3 Å². The second-order valence-corrected chi connectivity index (χ2v) is 5.85. The topological polar surface area (TPSA) is 30.5 Å². The van der Waals surface area contributed by atoms with Crippen LogP contribution in [-0.2, 0) is 10.9 Å². The molecule has 0 bridgehead atoms. The minimum Gasteiger partial charge on any atom is -0.487 e. The lowest BCUT2D eigenvalue weighted by Crippen LogP contribution is -2.44. The van der Waals surface area contributed by atoms with Crippen LogP contribution >= 0.6 is 0 Å². The molecule has 1 atom stereocenters. The average Bonchev–Trinajstić information content (AvgIpc) is 2.35. The van der Waals surface area contributed by atoms with Gasteiger partial charge >= 0.3 is 6.18 Å². The van der Waals surface area contributed by atoms with Gasteiger partial charge in [-0.15, -0.1) is 0 Å². The van der Waals surface area contributed by atoms with Crippen LogP contribution in [0.4, 0.5) is 13.2 Å². The van der Waals surface area contributed by atoms with E-state index in [0.717, 1.165) is 12.1 Å². The summed E-state index contributed by atoms with van der Waals surface area (Å²) in [6.07, 6.45) is -4.61. The first-order chi connectivity index (χ1) is 9.62. The van der Waals surface area contributed by atoms with Gasteiger partial charge in [0, 0.05) is 19.2 Å². The minimum absolute atomic E-state index is 0.0739. The summed E-state index contributed by atoms with van der Waals surface area (Å²) in [7, 11) is 1.56. The van der Waals surface area contributed by atoms with E-state index < -0.39 is 11.7 Å². The molecule has 0 spiro atoms. The summed E-state index contributed by atoms with van der Waals surface area (Å²) >= 11 is 0. The standard InChI is InChI=1S/C15H22F3NO2/c1-14(2,3)19-9-13(10-20-4)21-12-7-5-11(6-8-12)15(16,17)18/h5-8,13,19H,9-10H2,1-4H3. The molecule has 0 aliphatic carbocycles. The fraction of sp³-hybridized carbons (Fsp3) is 0.600. The quantitative estimate of drug-likeness (QED) is 0.873. The predicted octanol–water partition coefficient (Wildman–Crippen LogP) is 3.49. The van der Waals surface area contributed by atoms with Crippen molar-refractivity contribution in [1.29, 1.82) is 0 Å². The largest absolute Gasteiger partial charge is 0.487 e. The highest BCUT2D eigenvalue weighted by Crippen LogP contribution is 2.30. The second-order valence-electron chi connectivity index (χ2n) is 5.85. The Bertz CT molecular complexity index is 424. The highest BCUT2D eigenvalue weighted by atomic mass is 19.4. The normalized spacial score (nSPS) is 14.0. The molecule has 0 aliphatic heterocycles. The van der Waals surface area contributed by atoms with Crippen LogP contribution in [0.5, 0.6) is 5.75 Å². The van der Waals surface area contributed by atoms with Gasteiger partial charge in [0.15, 0.2) is 0 Å². The molecule has 1 aromatic carbocycles. The third-order valence-corrected chi connectivity index (χ3v) is 2.70. The van der Waals surface area contributed by atoms with Gasteiger partial charge in [-0.1, -0.05) is 0 Å². The van der Waals surface area contributed by atoms with E-state index in [-0.39, 0.29) is 11.6 Å². The van der Waals surface area contributed by atoms with Crippen molar-refractivity contribution < 1.29 is 22.6 Å². The molecule has 21 heavy (non-hydrogen) atoms. The molecule has 0 amide bonds. The van der Waals surface area contributed by atoms with Crippen LogP contribution in [0.3, 0.4) is 0 Å². The third kappa shape index (κ3) is 6.82. The SMILES string of the molecule is COCC(CNC(C)(C)C)Oc1ccc(C(F)(F)F)cc1. The van der Waals surface area contributed by atoms with E-state index in [1.165, 1.54) is 12.1 Å².